The molecule has 1 aliphatic rings. The number of rotatable bonds is 6. The average molecular weight is 370 g/mol. The van der Waals surface area contributed by atoms with Crippen LogP contribution in [0.2, 0.25) is 0 Å². The third-order valence-electron chi connectivity index (χ3n) is 5.20. The zero-order valence-corrected chi connectivity index (χ0v) is 16.4. The third kappa shape index (κ3) is 5.10. The first-order valence-electron chi connectivity index (χ1n) is 9.81. The number of carbonyl (C=O) groups excluding carboxylic acids is 1. The Hall–Kier alpha value is -2.34. The van der Waals surface area contributed by atoms with Crippen molar-refractivity contribution in [1.82, 2.24) is 20.1 Å². The van der Waals surface area contributed by atoms with Gasteiger partial charge in [0.1, 0.15) is 11.3 Å². The van der Waals surface area contributed by atoms with Crippen molar-refractivity contribution in [2.45, 2.75) is 32.2 Å². The molecule has 0 radical (unpaired) electrons. The van der Waals surface area contributed by atoms with Crippen molar-refractivity contribution in [1.29, 1.82) is 0 Å². The SMILES string of the molecule is COc1ccc(CN(C)C(=O)NCCN2CCCCCC2)c2cccnc12. The number of hydrogen-bond donors (Lipinski definition) is 1. The van der Waals surface area contributed by atoms with E-state index in [1.165, 1.54) is 25.7 Å². The lowest BCUT2D eigenvalue weighted by Gasteiger charge is -2.22. The number of aromatic nitrogens is 1. The van der Waals surface area contributed by atoms with Crippen LogP contribution in [0.5, 0.6) is 5.75 Å². The van der Waals surface area contributed by atoms with Crippen molar-refractivity contribution in [3.8, 4) is 5.75 Å². The van der Waals surface area contributed by atoms with Gasteiger partial charge in [0.15, 0.2) is 0 Å². The molecule has 0 aliphatic carbocycles. The van der Waals surface area contributed by atoms with Gasteiger partial charge in [0.05, 0.1) is 7.11 Å². The summed E-state index contributed by atoms with van der Waals surface area (Å²) in [5.41, 5.74) is 1.89. The highest BCUT2D eigenvalue weighted by atomic mass is 16.5. The lowest BCUT2D eigenvalue weighted by atomic mass is 10.1. The summed E-state index contributed by atoms with van der Waals surface area (Å²) in [6.45, 7) is 4.44. The number of urea groups is 1. The molecule has 3 rings (SSSR count). The Kier molecular flexibility index (Phi) is 6.87. The van der Waals surface area contributed by atoms with Crippen LogP contribution in [-0.2, 0) is 6.54 Å². The summed E-state index contributed by atoms with van der Waals surface area (Å²) in [5, 5.41) is 4.06. The van der Waals surface area contributed by atoms with Crippen LogP contribution >= 0.6 is 0 Å². The number of amides is 2. The maximum Gasteiger partial charge on any atom is 0.317 e. The molecule has 6 heteroatoms. The number of nitrogens with zero attached hydrogens (tertiary/aromatic N) is 3. The minimum Gasteiger partial charge on any atom is -0.494 e. The zero-order valence-electron chi connectivity index (χ0n) is 16.4. The quantitative estimate of drug-likeness (QED) is 0.848. The number of fused-ring (bicyclic) bond motifs is 1. The molecule has 0 unspecified atom stereocenters. The molecule has 0 saturated carbocycles. The van der Waals surface area contributed by atoms with Crippen LogP contribution in [0.4, 0.5) is 4.79 Å². The van der Waals surface area contributed by atoms with Gasteiger partial charge in [0.25, 0.3) is 0 Å². The summed E-state index contributed by atoms with van der Waals surface area (Å²) >= 11 is 0. The van der Waals surface area contributed by atoms with Crippen LogP contribution in [0.3, 0.4) is 0 Å². The Morgan fingerprint density at radius 2 is 2.00 bits per heavy atom. The molecule has 1 aromatic heterocycles. The summed E-state index contributed by atoms with van der Waals surface area (Å²) in [7, 11) is 3.47. The van der Waals surface area contributed by atoms with E-state index in [-0.39, 0.29) is 6.03 Å². The minimum absolute atomic E-state index is 0.0438. The van der Waals surface area contributed by atoms with E-state index < -0.39 is 0 Å². The van der Waals surface area contributed by atoms with Crippen molar-refractivity contribution in [2.75, 3.05) is 40.3 Å². The van der Waals surface area contributed by atoms with E-state index >= 15 is 0 Å². The Morgan fingerprint density at radius 3 is 2.74 bits per heavy atom. The monoisotopic (exact) mass is 370 g/mol. The topological polar surface area (TPSA) is 57.7 Å². The molecule has 1 aliphatic heterocycles. The van der Waals surface area contributed by atoms with Crippen LogP contribution in [-0.4, -0.2) is 61.2 Å². The predicted octanol–water partition coefficient (Wildman–Crippen LogP) is 3.26. The normalized spacial score (nSPS) is 15.3. The van der Waals surface area contributed by atoms with Crippen molar-refractivity contribution >= 4 is 16.9 Å². The van der Waals surface area contributed by atoms with E-state index in [1.54, 1.807) is 18.2 Å². The Bertz CT molecular complexity index is 757. The highest BCUT2D eigenvalue weighted by Crippen LogP contribution is 2.27. The van der Waals surface area contributed by atoms with Crippen LogP contribution in [0.25, 0.3) is 10.9 Å². The summed E-state index contributed by atoms with van der Waals surface area (Å²) in [6, 6.07) is 7.80. The van der Waals surface area contributed by atoms with Crippen LogP contribution in [0.15, 0.2) is 30.5 Å². The maximum absolute atomic E-state index is 12.5. The number of carbonyl (C=O) groups is 1. The summed E-state index contributed by atoms with van der Waals surface area (Å²) in [5.74, 6) is 0.749. The Morgan fingerprint density at radius 1 is 1.22 bits per heavy atom. The summed E-state index contributed by atoms with van der Waals surface area (Å²) in [6.07, 6.45) is 6.96. The summed E-state index contributed by atoms with van der Waals surface area (Å²) in [4.78, 5) is 21.1. The molecule has 0 bridgehead atoms. The average Bonchev–Trinajstić information content (AvgIpc) is 2.97. The number of hydrogen-bond acceptors (Lipinski definition) is 4. The fourth-order valence-electron chi connectivity index (χ4n) is 3.65. The van der Waals surface area contributed by atoms with Gasteiger partial charge >= 0.3 is 6.03 Å². The molecule has 0 spiro atoms. The number of nitrogens with one attached hydrogen (secondary N) is 1. The van der Waals surface area contributed by atoms with E-state index in [9.17, 15) is 4.79 Å². The van der Waals surface area contributed by atoms with Gasteiger partial charge in [-0.05, 0) is 43.6 Å². The first kappa shape index (κ1) is 19.4. The van der Waals surface area contributed by atoms with E-state index in [0.717, 1.165) is 41.9 Å². The number of likely N-dealkylation sites (tertiary alicyclic amines) is 1. The molecule has 1 saturated heterocycles. The summed E-state index contributed by atoms with van der Waals surface area (Å²) < 4.78 is 5.39. The number of pyridine rings is 1. The highest BCUT2D eigenvalue weighted by molar-refractivity contribution is 5.87. The first-order valence-corrected chi connectivity index (χ1v) is 9.81. The lowest BCUT2D eigenvalue weighted by Crippen LogP contribution is -2.41. The largest absolute Gasteiger partial charge is 0.494 e. The molecular weight excluding hydrogens is 340 g/mol. The first-order chi connectivity index (χ1) is 13.2. The van der Waals surface area contributed by atoms with E-state index in [2.05, 4.69) is 15.2 Å². The third-order valence-corrected chi connectivity index (χ3v) is 5.20. The Labute approximate surface area is 161 Å². The molecule has 0 atom stereocenters. The number of methoxy groups -OCH3 is 1. The molecule has 1 aromatic carbocycles. The van der Waals surface area contributed by atoms with Gasteiger partial charge in [-0.15, -0.1) is 0 Å². The molecule has 2 heterocycles. The van der Waals surface area contributed by atoms with E-state index in [4.69, 9.17) is 4.74 Å². The second kappa shape index (κ2) is 9.55. The molecule has 1 fully saturated rings. The molecule has 2 aromatic rings. The second-order valence-corrected chi connectivity index (χ2v) is 7.17. The van der Waals surface area contributed by atoms with Crippen LogP contribution in [0, 0.1) is 0 Å². The van der Waals surface area contributed by atoms with Gasteiger partial charge in [0.2, 0.25) is 0 Å². The van der Waals surface area contributed by atoms with Crippen molar-refractivity contribution in [2.24, 2.45) is 0 Å². The number of ether oxygens (including phenoxy) is 1. The molecule has 146 valence electrons. The minimum atomic E-state index is -0.0438. The molecular formula is C21H30N4O2. The molecule has 27 heavy (non-hydrogen) atoms. The Balaban J connectivity index is 1.56. The fourth-order valence-corrected chi connectivity index (χ4v) is 3.65. The van der Waals surface area contributed by atoms with Crippen molar-refractivity contribution < 1.29 is 9.53 Å². The van der Waals surface area contributed by atoms with Gasteiger partial charge in [-0.3, -0.25) is 4.98 Å². The predicted molar refractivity (Wildman–Crippen MR) is 108 cm³/mol. The van der Waals surface area contributed by atoms with Gasteiger partial charge in [-0.1, -0.05) is 25.0 Å². The van der Waals surface area contributed by atoms with Gasteiger partial charge < -0.3 is 19.9 Å². The van der Waals surface area contributed by atoms with Gasteiger partial charge in [0, 0.05) is 38.3 Å². The van der Waals surface area contributed by atoms with Crippen molar-refractivity contribution in [3.63, 3.8) is 0 Å². The van der Waals surface area contributed by atoms with Crippen LogP contribution in [0.1, 0.15) is 31.2 Å². The van der Waals surface area contributed by atoms with Crippen LogP contribution < -0.4 is 10.1 Å². The van der Waals surface area contributed by atoms with Crippen molar-refractivity contribution in [3.05, 3.63) is 36.0 Å². The lowest BCUT2D eigenvalue weighted by molar-refractivity contribution is 0.203. The number of benzene rings is 1. The fraction of sp³-hybridized carbons (Fsp3) is 0.524. The van der Waals surface area contributed by atoms with E-state index in [1.807, 2.05) is 31.3 Å². The molecule has 6 nitrogen and oxygen atoms in total. The standard InChI is InChI=1S/C21H30N4O2/c1-24(21(26)23-12-15-25-13-5-3-4-6-14-25)16-17-9-10-19(27-2)20-18(17)8-7-11-22-20/h7-11H,3-6,12-16H2,1-2H3,(H,23,26). The molecule has 1 N–H and O–H groups in total. The maximum atomic E-state index is 12.5. The zero-order chi connectivity index (χ0) is 19.1. The smallest absolute Gasteiger partial charge is 0.317 e. The van der Waals surface area contributed by atoms with Gasteiger partial charge in [-0.2, -0.15) is 0 Å². The second-order valence-electron chi connectivity index (χ2n) is 7.17. The molecule has 2 amide bonds. The van der Waals surface area contributed by atoms with Gasteiger partial charge in [-0.25, -0.2) is 4.79 Å². The van der Waals surface area contributed by atoms with E-state index in [0.29, 0.717) is 13.1 Å². The highest BCUT2D eigenvalue weighted by Gasteiger charge is 2.14.